The molecule has 238 valence electrons. The van der Waals surface area contributed by atoms with Crippen LogP contribution in [0.4, 0.5) is 0 Å². The maximum Gasteiger partial charge on any atom is 0.339 e. The van der Waals surface area contributed by atoms with Crippen LogP contribution >= 0.6 is 0 Å². The van der Waals surface area contributed by atoms with E-state index in [1.54, 1.807) is 26.0 Å². The molecule has 2 saturated heterocycles. The summed E-state index contributed by atoms with van der Waals surface area (Å²) in [6.45, 7) is 15.6. The van der Waals surface area contributed by atoms with Gasteiger partial charge in [-0.1, -0.05) is 53.7 Å². The lowest BCUT2D eigenvalue weighted by atomic mass is 9.77. The molecule has 0 aromatic heterocycles. The minimum Gasteiger partial charge on any atom is -0.507 e. The van der Waals surface area contributed by atoms with E-state index in [1.165, 1.54) is 0 Å². The van der Waals surface area contributed by atoms with E-state index in [2.05, 4.69) is 20.8 Å². The molecular weight excluding hydrogens is 536 g/mol. The van der Waals surface area contributed by atoms with Crippen LogP contribution in [0.5, 0.6) is 5.75 Å². The van der Waals surface area contributed by atoms with E-state index in [0.29, 0.717) is 49.7 Å². The van der Waals surface area contributed by atoms with Crippen LogP contribution in [0.25, 0.3) is 0 Å². The number of carboxylic acids is 1. The van der Waals surface area contributed by atoms with Crippen LogP contribution in [0.2, 0.25) is 0 Å². The van der Waals surface area contributed by atoms with Crippen LogP contribution in [0.1, 0.15) is 115 Å². The topological polar surface area (TPSA) is 137 Å². The largest absolute Gasteiger partial charge is 0.507 e. The number of epoxide rings is 1. The Morgan fingerprint density at radius 1 is 1.05 bits per heavy atom. The zero-order chi connectivity index (χ0) is 31.6. The minimum atomic E-state index is -1.19. The maximum absolute atomic E-state index is 13.8. The second-order valence-electron chi connectivity index (χ2n) is 13.2. The Labute approximate surface area is 251 Å². The molecule has 0 unspecified atom stereocenters. The van der Waals surface area contributed by atoms with Gasteiger partial charge >= 0.3 is 5.97 Å². The summed E-state index contributed by atoms with van der Waals surface area (Å²) in [7, 11) is 0. The minimum absolute atomic E-state index is 0.0422. The lowest BCUT2D eigenvalue weighted by molar-refractivity contribution is -0.152. The molecule has 1 aromatic carbocycles. The summed E-state index contributed by atoms with van der Waals surface area (Å²) < 4.78 is 12.5. The highest BCUT2D eigenvalue weighted by molar-refractivity contribution is 5.93. The number of aliphatic hydroxyl groups is 2. The van der Waals surface area contributed by atoms with Crippen molar-refractivity contribution in [1.82, 2.24) is 0 Å². The summed E-state index contributed by atoms with van der Waals surface area (Å²) in [5.41, 5.74) is 0.0451. The Morgan fingerprint density at radius 3 is 2.21 bits per heavy atom. The highest BCUT2D eigenvalue weighted by Crippen LogP contribution is 2.48. The molecule has 0 saturated carbocycles. The number of carboxylic acid groups (broad SMARTS) is 1. The van der Waals surface area contributed by atoms with Gasteiger partial charge in [0, 0.05) is 11.8 Å². The molecule has 0 spiro atoms. The summed E-state index contributed by atoms with van der Waals surface area (Å²) >= 11 is 0. The average Bonchev–Trinajstić information content (AvgIpc) is 3.49. The van der Waals surface area contributed by atoms with Crippen molar-refractivity contribution < 1.29 is 39.5 Å². The number of ketones is 1. The lowest BCUT2D eigenvalue weighted by Gasteiger charge is -2.36. The number of Topliss-reactive ketones (excluding diaryl/α,β-unsaturated/α-hetero) is 1. The molecule has 2 heterocycles. The Hall–Kier alpha value is -2.00. The molecule has 2 aliphatic heterocycles. The SMILES string of the molecule is CC[C@@H](C(=O)[C@@H](C)[C@@H](O)[C@H](C)CCc1ccc(C)c(O)c1C(=O)O)[C@H]1O[C@](CC)([C@H](O)CC[C@@]2(CC)O[C@@H]2C)C[C@@H]1C. The zero-order valence-corrected chi connectivity index (χ0v) is 26.9. The van der Waals surface area contributed by atoms with Gasteiger partial charge in [-0.15, -0.1) is 0 Å². The molecule has 0 aliphatic carbocycles. The number of ether oxygens (including phenoxy) is 2. The third kappa shape index (κ3) is 6.87. The van der Waals surface area contributed by atoms with E-state index in [-0.39, 0.29) is 46.7 Å². The number of carbonyl (C=O) groups excluding carboxylic acids is 1. The molecule has 8 nitrogen and oxygen atoms in total. The third-order valence-electron chi connectivity index (χ3n) is 10.6. The third-order valence-corrected chi connectivity index (χ3v) is 10.6. The van der Waals surface area contributed by atoms with Gasteiger partial charge in [0.1, 0.15) is 17.1 Å². The van der Waals surface area contributed by atoms with Crippen molar-refractivity contribution in [2.24, 2.45) is 23.7 Å². The van der Waals surface area contributed by atoms with E-state index >= 15 is 0 Å². The summed E-state index contributed by atoms with van der Waals surface area (Å²) in [6.07, 6.45) is 3.31. The molecule has 0 amide bonds. The quantitative estimate of drug-likeness (QED) is 0.176. The van der Waals surface area contributed by atoms with Crippen molar-refractivity contribution >= 4 is 11.8 Å². The Morgan fingerprint density at radius 2 is 1.69 bits per heavy atom. The highest BCUT2D eigenvalue weighted by Gasteiger charge is 2.55. The molecule has 10 atom stereocenters. The number of rotatable bonds is 16. The number of aromatic carboxylic acids is 1. The first-order chi connectivity index (χ1) is 19.7. The maximum atomic E-state index is 13.8. The number of hydrogen-bond donors (Lipinski definition) is 4. The average molecular weight is 591 g/mol. The zero-order valence-electron chi connectivity index (χ0n) is 26.9. The van der Waals surface area contributed by atoms with Crippen molar-refractivity contribution in [2.45, 2.75) is 142 Å². The molecule has 4 N–H and O–H groups in total. The highest BCUT2D eigenvalue weighted by atomic mass is 16.6. The number of aryl methyl sites for hydroxylation is 2. The van der Waals surface area contributed by atoms with E-state index in [9.17, 15) is 30.0 Å². The number of aliphatic hydroxyl groups excluding tert-OH is 2. The van der Waals surface area contributed by atoms with Crippen LogP contribution < -0.4 is 0 Å². The fourth-order valence-electron chi connectivity index (χ4n) is 7.36. The molecule has 2 aliphatic rings. The summed E-state index contributed by atoms with van der Waals surface area (Å²) in [5.74, 6) is -2.70. The van der Waals surface area contributed by atoms with Crippen molar-refractivity contribution in [3.63, 3.8) is 0 Å². The van der Waals surface area contributed by atoms with Gasteiger partial charge in [-0.3, -0.25) is 4.79 Å². The van der Waals surface area contributed by atoms with Crippen LogP contribution in [-0.4, -0.2) is 67.8 Å². The van der Waals surface area contributed by atoms with Crippen LogP contribution in [0.15, 0.2) is 12.1 Å². The molecule has 42 heavy (non-hydrogen) atoms. The summed E-state index contributed by atoms with van der Waals surface area (Å²) in [4.78, 5) is 25.6. The molecule has 2 fully saturated rings. The van der Waals surface area contributed by atoms with Crippen molar-refractivity contribution in [2.75, 3.05) is 0 Å². The molecule has 0 bridgehead atoms. The molecule has 0 radical (unpaired) electrons. The fraction of sp³-hybridized carbons (Fsp3) is 0.765. The first kappa shape index (κ1) is 34.5. The smallest absolute Gasteiger partial charge is 0.339 e. The van der Waals surface area contributed by atoms with Gasteiger partial charge in [0.05, 0.1) is 35.6 Å². The number of benzene rings is 1. The number of hydrogen-bond acceptors (Lipinski definition) is 7. The number of phenols is 1. The van der Waals surface area contributed by atoms with Gasteiger partial charge in [-0.25, -0.2) is 4.79 Å². The lowest BCUT2D eigenvalue weighted by Crippen LogP contribution is -2.45. The van der Waals surface area contributed by atoms with Crippen LogP contribution in [0, 0.1) is 30.6 Å². The molecule has 3 rings (SSSR count). The molecular formula is C34H54O8. The van der Waals surface area contributed by atoms with Crippen LogP contribution in [-0.2, 0) is 20.7 Å². The van der Waals surface area contributed by atoms with E-state index < -0.39 is 35.6 Å². The van der Waals surface area contributed by atoms with Crippen molar-refractivity contribution in [3.8, 4) is 5.75 Å². The van der Waals surface area contributed by atoms with Crippen LogP contribution in [0.3, 0.4) is 0 Å². The van der Waals surface area contributed by atoms with Gasteiger partial charge in [0.15, 0.2) is 0 Å². The monoisotopic (exact) mass is 590 g/mol. The normalized spacial score (nSPS) is 30.9. The first-order valence-electron chi connectivity index (χ1n) is 16.0. The van der Waals surface area contributed by atoms with Gasteiger partial charge in [-0.2, -0.15) is 0 Å². The number of carbonyl (C=O) groups is 2. The fourth-order valence-corrected chi connectivity index (χ4v) is 7.36. The van der Waals surface area contributed by atoms with E-state index in [0.717, 1.165) is 12.8 Å². The first-order valence-corrected chi connectivity index (χ1v) is 16.0. The van der Waals surface area contributed by atoms with Gasteiger partial charge in [0.25, 0.3) is 0 Å². The van der Waals surface area contributed by atoms with E-state index in [1.807, 2.05) is 20.8 Å². The Balaban J connectivity index is 1.66. The summed E-state index contributed by atoms with van der Waals surface area (Å²) in [5, 5.41) is 42.5. The second kappa shape index (κ2) is 13.7. The van der Waals surface area contributed by atoms with Gasteiger partial charge < -0.3 is 29.9 Å². The Bertz CT molecular complexity index is 1100. The molecule has 1 aromatic rings. The van der Waals surface area contributed by atoms with Gasteiger partial charge in [-0.05, 0) is 88.2 Å². The molecule has 8 heteroatoms. The van der Waals surface area contributed by atoms with Crippen molar-refractivity contribution in [1.29, 1.82) is 0 Å². The summed E-state index contributed by atoms with van der Waals surface area (Å²) in [6, 6.07) is 3.39. The number of aromatic hydroxyl groups is 1. The predicted octanol–water partition coefficient (Wildman–Crippen LogP) is 5.84. The second-order valence-corrected chi connectivity index (χ2v) is 13.2. The Kier molecular flexibility index (Phi) is 11.3. The van der Waals surface area contributed by atoms with E-state index in [4.69, 9.17) is 9.47 Å². The predicted molar refractivity (Wildman–Crippen MR) is 162 cm³/mol. The van der Waals surface area contributed by atoms with Crippen molar-refractivity contribution in [3.05, 3.63) is 28.8 Å². The van der Waals surface area contributed by atoms with Gasteiger partial charge in [0.2, 0.25) is 0 Å². The standard InChI is InChI=1S/C34H54O8/c1-9-25(31-21(6)18-34(11-3,42-31)26(35)16-17-33(10-2)23(8)41-33)30(38)22(7)28(36)19(4)12-14-24-15-13-20(5)29(37)27(24)32(39)40/h13,15,19,21-23,25-26,28,31,35-37H,9-12,14,16-18H2,1-8H3,(H,39,40)/t19-,21+,22+,23-,25+,26-,28+,31+,33-,34+/m1/s1.